The van der Waals surface area contributed by atoms with Crippen LogP contribution < -0.4 is 9.62 Å². The number of likely N-dealkylation sites (N-methyl/N-ethyl adjacent to an activating group) is 1. The molecule has 0 aromatic heterocycles. The Morgan fingerprint density at radius 2 is 1.37 bits per heavy atom. The molecule has 4 aromatic carbocycles. The van der Waals surface area contributed by atoms with E-state index in [1.807, 2.05) is 80.6 Å². The van der Waals surface area contributed by atoms with Crippen LogP contribution in [0.4, 0.5) is 5.69 Å². The number of nitrogens with zero attached hydrogens (tertiary/aromatic N) is 2. The van der Waals surface area contributed by atoms with Crippen LogP contribution in [0.1, 0.15) is 22.3 Å². The SMILES string of the molecule is CNC(=O)C(Cc1ccccc1)N(Cc1ccccc1)C(=O)CN(c1cccc(C)c1)S(=O)(=O)c1ccc(C)cc1. The molecular weight excluding hydrogens is 534 g/mol. The number of anilines is 1. The highest BCUT2D eigenvalue weighted by atomic mass is 32.2. The molecule has 2 amide bonds. The number of hydrogen-bond donors (Lipinski definition) is 1. The zero-order valence-electron chi connectivity index (χ0n) is 23.5. The van der Waals surface area contributed by atoms with Gasteiger partial charge in [-0.3, -0.25) is 13.9 Å². The van der Waals surface area contributed by atoms with E-state index >= 15 is 0 Å². The van der Waals surface area contributed by atoms with Crippen LogP contribution in [0.25, 0.3) is 0 Å². The summed E-state index contributed by atoms with van der Waals surface area (Å²) in [6, 6.07) is 31.6. The highest BCUT2D eigenvalue weighted by Gasteiger charge is 2.34. The van der Waals surface area contributed by atoms with Crippen LogP contribution in [0.3, 0.4) is 0 Å². The number of carbonyl (C=O) groups is 2. The van der Waals surface area contributed by atoms with Crippen LogP contribution in [0.5, 0.6) is 0 Å². The maximum atomic E-state index is 14.2. The maximum Gasteiger partial charge on any atom is 0.264 e. The second-order valence-electron chi connectivity index (χ2n) is 9.99. The minimum atomic E-state index is -4.11. The van der Waals surface area contributed by atoms with Crippen LogP contribution in [0, 0.1) is 13.8 Å². The summed E-state index contributed by atoms with van der Waals surface area (Å²) in [7, 11) is -2.58. The summed E-state index contributed by atoms with van der Waals surface area (Å²) in [5, 5.41) is 2.70. The van der Waals surface area contributed by atoms with Crippen molar-refractivity contribution in [2.24, 2.45) is 0 Å². The second kappa shape index (κ2) is 13.3. The van der Waals surface area contributed by atoms with E-state index in [2.05, 4.69) is 5.32 Å². The van der Waals surface area contributed by atoms with Crippen molar-refractivity contribution in [2.45, 2.75) is 37.8 Å². The number of aryl methyl sites for hydroxylation is 2. The monoisotopic (exact) mass is 569 g/mol. The zero-order valence-corrected chi connectivity index (χ0v) is 24.3. The minimum absolute atomic E-state index is 0.0825. The first-order chi connectivity index (χ1) is 19.7. The summed E-state index contributed by atoms with van der Waals surface area (Å²) in [6.07, 6.45) is 0.272. The Balaban J connectivity index is 1.77. The fourth-order valence-corrected chi connectivity index (χ4v) is 6.06. The summed E-state index contributed by atoms with van der Waals surface area (Å²) < 4.78 is 29.1. The predicted octanol–water partition coefficient (Wildman–Crippen LogP) is 4.88. The molecule has 0 fully saturated rings. The second-order valence-corrected chi connectivity index (χ2v) is 11.9. The predicted molar refractivity (Wildman–Crippen MR) is 162 cm³/mol. The van der Waals surface area contributed by atoms with Crippen molar-refractivity contribution in [3.8, 4) is 0 Å². The van der Waals surface area contributed by atoms with Crippen molar-refractivity contribution in [1.82, 2.24) is 10.2 Å². The first-order valence-electron chi connectivity index (χ1n) is 13.4. The molecule has 4 rings (SSSR count). The lowest BCUT2D eigenvalue weighted by Gasteiger charge is -2.33. The van der Waals surface area contributed by atoms with Gasteiger partial charge in [0.25, 0.3) is 10.0 Å². The molecule has 41 heavy (non-hydrogen) atoms. The fourth-order valence-electron chi connectivity index (χ4n) is 4.65. The number of benzene rings is 4. The highest BCUT2D eigenvalue weighted by molar-refractivity contribution is 7.92. The normalized spacial score (nSPS) is 11.9. The van der Waals surface area contributed by atoms with Gasteiger partial charge in [0, 0.05) is 20.0 Å². The number of amides is 2. The smallest absolute Gasteiger partial charge is 0.264 e. The molecular formula is C33H35N3O4S. The van der Waals surface area contributed by atoms with Crippen LogP contribution in [-0.4, -0.2) is 44.8 Å². The van der Waals surface area contributed by atoms with Gasteiger partial charge in [0.1, 0.15) is 12.6 Å². The number of sulfonamides is 1. The summed E-state index contributed by atoms with van der Waals surface area (Å²) in [5.74, 6) is -0.822. The molecule has 0 radical (unpaired) electrons. The average Bonchev–Trinajstić information content (AvgIpc) is 2.98. The van der Waals surface area contributed by atoms with Gasteiger partial charge < -0.3 is 10.2 Å². The molecule has 1 N–H and O–H groups in total. The van der Waals surface area contributed by atoms with E-state index in [1.54, 1.807) is 42.5 Å². The average molecular weight is 570 g/mol. The molecule has 0 aliphatic rings. The lowest BCUT2D eigenvalue weighted by Crippen LogP contribution is -2.53. The first-order valence-corrected chi connectivity index (χ1v) is 14.9. The van der Waals surface area contributed by atoms with Gasteiger partial charge in [0.2, 0.25) is 11.8 Å². The van der Waals surface area contributed by atoms with Crippen molar-refractivity contribution in [3.63, 3.8) is 0 Å². The van der Waals surface area contributed by atoms with E-state index in [0.29, 0.717) is 5.69 Å². The third kappa shape index (κ3) is 7.41. The molecule has 0 saturated heterocycles. The summed E-state index contributed by atoms with van der Waals surface area (Å²) in [5.41, 5.74) is 3.86. The van der Waals surface area contributed by atoms with E-state index in [4.69, 9.17) is 0 Å². The lowest BCUT2D eigenvalue weighted by molar-refractivity contribution is -0.139. The lowest BCUT2D eigenvalue weighted by atomic mass is 10.0. The standard InChI is InChI=1S/C33H35N3O4S/c1-25-17-19-30(20-18-25)41(39,40)36(29-16-10-11-26(2)21-29)24-32(37)35(23-28-14-8-5-9-15-28)31(33(38)34-3)22-27-12-6-4-7-13-27/h4-21,31H,22-24H2,1-3H3,(H,34,38). The number of nitrogens with one attached hydrogen (secondary N) is 1. The molecule has 0 bridgehead atoms. The van der Waals surface area contributed by atoms with Crippen molar-refractivity contribution >= 4 is 27.5 Å². The van der Waals surface area contributed by atoms with Gasteiger partial charge in [-0.05, 0) is 54.8 Å². The zero-order chi connectivity index (χ0) is 29.4. The Hall–Kier alpha value is -4.43. The highest BCUT2D eigenvalue weighted by Crippen LogP contribution is 2.26. The Kier molecular flexibility index (Phi) is 9.57. The fraction of sp³-hybridized carbons (Fsp3) is 0.212. The van der Waals surface area contributed by atoms with Gasteiger partial charge in [-0.15, -0.1) is 0 Å². The molecule has 212 valence electrons. The van der Waals surface area contributed by atoms with E-state index in [-0.39, 0.29) is 23.8 Å². The van der Waals surface area contributed by atoms with Crippen molar-refractivity contribution in [1.29, 1.82) is 0 Å². The molecule has 7 nitrogen and oxygen atoms in total. The third-order valence-corrected chi connectivity index (χ3v) is 8.68. The van der Waals surface area contributed by atoms with Gasteiger partial charge >= 0.3 is 0 Å². The van der Waals surface area contributed by atoms with Crippen molar-refractivity contribution in [3.05, 3.63) is 131 Å². The van der Waals surface area contributed by atoms with Gasteiger partial charge in [-0.1, -0.05) is 90.5 Å². The van der Waals surface area contributed by atoms with Crippen molar-refractivity contribution < 1.29 is 18.0 Å². The molecule has 0 saturated carbocycles. The maximum absolute atomic E-state index is 14.2. The van der Waals surface area contributed by atoms with Gasteiger partial charge in [0.15, 0.2) is 0 Å². The van der Waals surface area contributed by atoms with Gasteiger partial charge in [-0.25, -0.2) is 8.42 Å². The molecule has 1 atom stereocenters. The van der Waals surface area contributed by atoms with E-state index < -0.39 is 28.5 Å². The van der Waals surface area contributed by atoms with Gasteiger partial charge in [-0.2, -0.15) is 0 Å². The Morgan fingerprint density at radius 1 is 0.756 bits per heavy atom. The van der Waals surface area contributed by atoms with Crippen molar-refractivity contribution in [2.75, 3.05) is 17.9 Å². The van der Waals surface area contributed by atoms with Crippen LogP contribution in [-0.2, 0) is 32.6 Å². The Labute approximate surface area is 242 Å². The van der Waals surface area contributed by atoms with E-state index in [9.17, 15) is 18.0 Å². The van der Waals surface area contributed by atoms with Crippen LogP contribution >= 0.6 is 0 Å². The summed E-state index contributed by atoms with van der Waals surface area (Å²) in [6.45, 7) is 3.40. The molecule has 0 aliphatic heterocycles. The third-order valence-electron chi connectivity index (χ3n) is 6.89. The van der Waals surface area contributed by atoms with Gasteiger partial charge in [0.05, 0.1) is 10.6 Å². The number of carbonyl (C=O) groups excluding carboxylic acids is 2. The topological polar surface area (TPSA) is 86.8 Å². The number of rotatable bonds is 11. The molecule has 8 heteroatoms. The molecule has 4 aromatic rings. The molecule has 0 spiro atoms. The Morgan fingerprint density at radius 3 is 1.95 bits per heavy atom. The minimum Gasteiger partial charge on any atom is -0.357 e. The van der Waals surface area contributed by atoms with E-state index in [0.717, 1.165) is 26.6 Å². The van der Waals surface area contributed by atoms with E-state index in [1.165, 1.54) is 11.9 Å². The largest absolute Gasteiger partial charge is 0.357 e. The summed E-state index contributed by atoms with van der Waals surface area (Å²) >= 11 is 0. The molecule has 0 aliphatic carbocycles. The summed E-state index contributed by atoms with van der Waals surface area (Å²) in [4.78, 5) is 29.1. The van der Waals surface area contributed by atoms with Crippen LogP contribution in [0.15, 0.2) is 114 Å². The molecule has 1 unspecified atom stereocenters. The first kappa shape index (κ1) is 29.6. The Bertz CT molecular complexity index is 1570. The number of hydrogen-bond acceptors (Lipinski definition) is 4. The van der Waals surface area contributed by atoms with Crippen LogP contribution in [0.2, 0.25) is 0 Å². The quantitative estimate of drug-likeness (QED) is 0.279. The molecule has 0 heterocycles.